The number of rotatable bonds is 4. The van der Waals surface area contributed by atoms with Crippen molar-refractivity contribution in [2.45, 2.75) is 18.9 Å². The highest BCUT2D eigenvalue weighted by Crippen LogP contribution is 2.35. The minimum Gasteiger partial charge on any atom is -0.326 e. The van der Waals surface area contributed by atoms with E-state index in [1.165, 1.54) is 12.1 Å². The maximum absolute atomic E-state index is 13.9. The molecule has 1 saturated carbocycles. The molecule has 10 heteroatoms. The third-order valence-corrected chi connectivity index (χ3v) is 5.80. The second-order valence-corrected chi connectivity index (χ2v) is 7.60. The number of hydrogen-bond acceptors (Lipinski definition) is 5. The summed E-state index contributed by atoms with van der Waals surface area (Å²) in [6.07, 6.45) is 0.582. The maximum atomic E-state index is 13.9. The smallest absolute Gasteiger partial charge is 0.235 e. The lowest BCUT2D eigenvalue weighted by Crippen LogP contribution is -2.26. The SMILES string of the molecule is O=C(Nc1ccc(F)c(N2CCCS2(=O)=O)c1)[C@H]1C[C@H]1[N+](=O)[O-]. The Labute approximate surface area is 131 Å². The van der Waals surface area contributed by atoms with Crippen LogP contribution >= 0.6 is 0 Å². The van der Waals surface area contributed by atoms with Crippen molar-refractivity contribution in [3.8, 4) is 0 Å². The maximum Gasteiger partial charge on any atom is 0.235 e. The summed E-state index contributed by atoms with van der Waals surface area (Å²) in [5, 5.41) is 13.1. The summed E-state index contributed by atoms with van der Waals surface area (Å²) in [5.41, 5.74) is 0.0874. The van der Waals surface area contributed by atoms with Gasteiger partial charge < -0.3 is 5.32 Å². The Morgan fingerprint density at radius 3 is 2.74 bits per heavy atom. The van der Waals surface area contributed by atoms with Crippen LogP contribution in [0.3, 0.4) is 0 Å². The summed E-state index contributed by atoms with van der Waals surface area (Å²) in [6.45, 7) is 0.183. The Morgan fingerprint density at radius 2 is 2.17 bits per heavy atom. The van der Waals surface area contributed by atoms with Gasteiger partial charge in [0.2, 0.25) is 22.0 Å². The Balaban J connectivity index is 1.79. The van der Waals surface area contributed by atoms with Gasteiger partial charge in [0.05, 0.1) is 11.4 Å². The van der Waals surface area contributed by atoms with Gasteiger partial charge in [0.15, 0.2) is 0 Å². The molecule has 0 unspecified atom stereocenters. The number of anilines is 2. The molecule has 1 saturated heterocycles. The van der Waals surface area contributed by atoms with Crippen molar-refractivity contribution < 1.29 is 22.5 Å². The molecular formula is C13H14FN3O5S. The van der Waals surface area contributed by atoms with Crippen LogP contribution in [0.15, 0.2) is 18.2 Å². The van der Waals surface area contributed by atoms with Crippen molar-refractivity contribution >= 4 is 27.3 Å². The fourth-order valence-electron chi connectivity index (χ4n) is 2.62. The van der Waals surface area contributed by atoms with Gasteiger partial charge in [0, 0.05) is 23.6 Å². The monoisotopic (exact) mass is 343 g/mol. The molecule has 23 heavy (non-hydrogen) atoms. The summed E-state index contributed by atoms with van der Waals surface area (Å²) < 4.78 is 38.7. The van der Waals surface area contributed by atoms with Gasteiger partial charge in [-0.15, -0.1) is 0 Å². The zero-order valence-electron chi connectivity index (χ0n) is 11.9. The van der Waals surface area contributed by atoms with Crippen molar-refractivity contribution in [2.24, 2.45) is 5.92 Å². The van der Waals surface area contributed by atoms with E-state index in [9.17, 15) is 27.7 Å². The average Bonchev–Trinajstić information content (AvgIpc) is 3.20. The molecule has 1 amide bonds. The predicted octanol–water partition coefficient (Wildman–Crippen LogP) is 0.969. The summed E-state index contributed by atoms with van der Waals surface area (Å²) in [7, 11) is -3.54. The average molecular weight is 343 g/mol. The standard InChI is InChI=1S/C13H14FN3O5S/c14-10-3-2-8(15-13(18)9-7-11(9)17(19)20)6-12(10)16-4-1-5-23(16,21)22/h2-3,6,9,11H,1,4-5,7H2,(H,15,18)/t9-,11+/m0/s1. The van der Waals surface area contributed by atoms with Crippen molar-refractivity contribution in [3.63, 3.8) is 0 Å². The Hall–Kier alpha value is -2.23. The second-order valence-electron chi connectivity index (χ2n) is 5.59. The van der Waals surface area contributed by atoms with Crippen LogP contribution in [0.1, 0.15) is 12.8 Å². The van der Waals surface area contributed by atoms with E-state index < -0.39 is 38.6 Å². The normalized spacial score (nSPS) is 25.2. The first-order valence-corrected chi connectivity index (χ1v) is 8.65. The van der Waals surface area contributed by atoms with Crippen molar-refractivity contribution in [1.82, 2.24) is 0 Å². The van der Waals surface area contributed by atoms with E-state index in [0.29, 0.717) is 6.42 Å². The lowest BCUT2D eigenvalue weighted by molar-refractivity contribution is -0.497. The van der Waals surface area contributed by atoms with Gasteiger partial charge in [-0.3, -0.25) is 19.2 Å². The molecule has 1 heterocycles. The van der Waals surface area contributed by atoms with E-state index in [1.807, 2.05) is 0 Å². The number of halogens is 1. The number of benzene rings is 1. The van der Waals surface area contributed by atoms with E-state index in [4.69, 9.17) is 0 Å². The molecule has 2 aliphatic rings. The van der Waals surface area contributed by atoms with Gasteiger partial charge in [0.1, 0.15) is 11.7 Å². The predicted molar refractivity (Wildman–Crippen MR) is 79.7 cm³/mol. The Bertz CT molecular complexity index is 782. The molecule has 0 aromatic heterocycles. The zero-order chi connectivity index (χ0) is 16.8. The third-order valence-electron chi connectivity index (χ3n) is 3.95. The Kier molecular flexibility index (Phi) is 3.71. The van der Waals surface area contributed by atoms with Gasteiger partial charge in [-0.05, 0) is 24.6 Å². The van der Waals surface area contributed by atoms with Crippen LogP contribution in [0.4, 0.5) is 15.8 Å². The molecule has 1 aliphatic heterocycles. The highest BCUT2D eigenvalue weighted by atomic mass is 32.2. The fourth-order valence-corrected chi connectivity index (χ4v) is 4.18. The van der Waals surface area contributed by atoms with Gasteiger partial charge in [-0.25, -0.2) is 12.8 Å². The van der Waals surface area contributed by atoms with E-state index in [1.54, 1.807) is 0 Å². The van der Waals surface area contributed by atoms with Crippen molar-refractivity contribution in [1.29, 1.82) is 0 Å². The van der Waals surface area contributed by atoms with Crippen LogP contribution in [0, 0.1) is 21.8 Å². The molecule has 124 valence electrons. The highest BCUT2D eigenvalue weighted by molar-refractivity contribution is 7.93. The van der Waals surface area contributed by atoms with E-state index in [-0.39, 0.29) is 30.1 Å². The summed E-state index contributed by atoms with van der Waals surface area (Å²) in [6, 6.07) is 2.72. The highest BCUT2D eigenvalue weighted by Gasteiger charge is 2.53. The van der Waals surface area contributed by atoms with Gasteiger partial charge >= 0.3 is 0 Å². The zero-order valence-corrected chi connectivity index (χ0v) is 12.8. The van der Waals surface area contributed by atoms with Crippen LogP contribution in [0.5, 0.6) is 0 Å². The number of carbonyl (C=O) groups excluding carboxylic acids is 1. The Morgan fingerprint density at radius 1 is 1.43 bits per heavy atom. The first-order valence-electron chi connectivity index (χ1n) is 7.04. The lowest BCUT2D eigenvalue weighted by atomic mass is 10.2. The minimum atomic E-state index is -3.54. The van der Waals surface area contributed by atoms with Gasteiger partial charge in [-0.1, -0.05) is 0 Å². The van der Waals surface area contributed by atoms with Crippen molar-refractivity contribution in [3.05, 3.63) is 34.1 Å². The molecule has 0 radical (unpaired) electrons. The summed E-state index contributed by atoms with van der Waals surface area (Å²) in [4.78, 5) is 22.0. The van der Waals surface area contributed by atoms with Crippen LogP contribution in [0.25, 0.3) is 0 Å². The number of nitrogens with zero attached hydrogens (tertiary/aromatic N) is 2. The fraction of sp³-hybridized carbons (Fsp3) is 0.462. The molecule has 8 nitrogen and oxygen atoms in total. The summed E-state index contributed by atoms with van der Waals surface area (Å²) in [5.74, 6) is -1.97. The number of sulfonamides is 1. The number of nitro groups is 1. The molecule has 1 aliphatic carbocycles. The second kappa shape index (κ2) is 5.44. The van der Waals surface area contributed by atoms with Crippen molar-refractivity contribution in [2.75, 3.05) is 21.9 Å². The topological polar surface area (TPSA) is 110 Å². The molecule has 2 atom stereocenters. The molecule has 0 bridgehead atoms. The number of carbonyl (C=O) groups is 1. The minimum absolute atomic E-state index is 0.0460. The van der Waals surface area contributed by atoms with Crippen LogP contribution in [-0.2, 0) is 14.8 Å². The molecule has 0 spiro atoms. The number of nitrogens with one attached hydrogen (secondary N) is 1. The third kappa shape index (κ3) is 2.98. The lowest BCUT2D eigenvalue weighted by Gasteiger charge is -2.18. The molecule has 1 N–H and O–H groups in total. The largest absolute Gasteiger partial charge is 0.326 e. The van der Waals surface area contributed by atoms with E-state index in [0.717, 1.165) is 10.4 Å². The number of amides is 1. The van der Waals surface area contributed by atoms with Gasteiger partial charge in [0.25, 0.3) is 0 Å². The molecule has 2 fully saturated rings. The quantitative estimate of drug-likeness (QED) is 0.647. The molecule has 1 aromatic carbocycles. The first kappa shape index (κ1) is 15.7. The first-order chi connectivity index (χ1) is 10.8. The molecule has 3 rings (SSSR count). The summed E-state index contributed by atoms with van der Waals surface area (Å²) >= 11 is 0. The van der Waals surface area contributed by atoms with E-state index >= 15 is 0 Å². The van der Waals surface area contributed by atoms with Crippen LogP contribution in [0.2, 0.25) is 0 Å². The van der Waals surface area contributed by atoms with Gasteiger partial charge in [-0.2, -0.15) is 0 Å². The van der Waals surface area contributed by atoms with Crippen LogP contribution < -0.4 is 9.62 Å². The van der Waals surface area contributed by atoms with E-state index in [2.05, 4.69) is 5.32 Å². The number of hydrogen-bond donors (Lipinski definition) is 1. The molecule has 1 aromatic rings. The van der Waals surface area contributed by atoms with Crippen LogP contribution in [-0.4, -0.2) is 37.6 Å². The molecular weight excluding hydrogens is 329 g/mol.